The summed E-state index contributed by atoms with van der Waals surface area (Å²) in [5, 5.41) is 15.5. The summed E-state index contributed by atoms with van der Waals surface area (Å²) in [5.74, 6) is 0.158. The molecule has 0 aliphatic carbocycles. The lowest BCUT2D eigenvalue weighted by Gasteiger charge is -2.17. The number of aromatic nitrogens is 2. The second kappa shape index (κ2) is 5.31. The van der Waals surface area contributed by atoms with Gasteiger partial charge in [-0.2, -0.15) is 5.10 Å². The SMILES string of the molecule is CCC(C)C(O)Cn1ncc2ccccc2c1=O. The Labute approximate surface area is 106 Å². The van der Waals surface area contributed by atoms with Crippen molar-refractivity contribution in [3.63, 3.8) is 0 Å². The Morgan fingerprint density at radius 2 is 2.11 bits per heavy atom. The van der Waals surface area contributed by atoms with Gasteiger partial charge < -0.3 is 5.11 Å². The first-order chi connectivity index (χ1) is 8.63. The molecule has 2 rings (SSSR count). The fourth-order valence-electron chi connectivity index (χ4n) is 1.89. The molecule has 18 heavy (non-hydrogen) atoms. The fourth-order valence-corrected chi connectivity index (χ4v) is 1.89. The number of hydrogen-bond donors (Lipinski definition) is 1. The van der Waals surface area contributed by atoms with Crippen molar-refractivity contribution in [2.24, 2.45) is 5.92 Å². The van der Waals surface area contributed by atoms with Crippen LogP contribution in [0.25, 0.3) is 10.8 Å². The van der Waals surface area contributed by atoms with Crippen molar-refractivity contribution in [2.75, 3.05) is 0 Å². The predicted octanol–water partition coefficient (Wildman–Crippen LogP) is 1.80. The van der Waals surface area contributed by atoms with Gasteiger partial charge in [0.25, 0.3) is 5.56 Å². The Hall–Kier alpha value is -1.68. The molecule has 1 heterocycles. The molecule has 2 atom stereocenters. The van der Waals surface area contributed by atoms with E-state index in [0.717, 1.165) is 11.8 Å². The van der Waals surface area contributed by atoms with Gasteiger partial charge in [-0.3, -0.25) is 4.79 Å². The zero-order chi connectivity index (χ0) is 13.1. The molecule has 0 saturated carbocycles. The van der Waals surface area contributed by atoms with Crippen LogP contribution in [0.15, 0.2) is 35.3 Å². The van der Waals surface area contributed by atoms with E-state index < -0.39 is 6.10 Å². The van der Waals surface area contributed by atoms with E-state index >= 15 is 0 Å². The first kappa shape index (κ1) is 12.8. The summed E-state index contributed by atoms with van der Waals surface area (Å²) in [5.41, 5.74) is -0.143. The second-order valence-corrected chi connectivity index (χ2v) is 4.67. The zero-order valence-electron chi connectivity index (χ0n) is 10.7. The van der Waals surface area contributed by atoms with Crippen LogP contribution >= 0.6 is 0 Å². The van der Waals surface area contributed by atoms with Crippen molar-refractivity contribution in [1.82, 2.24) is 9.78 Å². The van der Waals surface area contributed by atoms with Gasteiger partial charge >= 0.3 is 0 Å². The largest absolute Gasteiger partial charge is 0.391 e. The summed E-state index contributed by atoms with van der Waals surface area (Å²) in [6, 6.07) is 7.35. The van der Waals surface area contributed by atoms with Crippen molar-refractivity contribution in [3.8, 4) is 0 Å². The molecule has 0 saturated heterocycles. The minimum atomic E-state index is -0.540. The van der Waals surface area contributed by atoms with E-state index in [1.165, 1.54) is 4.68 Å². The molecule has 0 fully saturated rings. The van der Waals surface area contributed by atoms with E-state index in [4.69, 9.17) is 0 Å². The maximum absolute atomic E-state index is 12.2. The van der Waals surface area contributed by atoms with Crippen molar-refractivity contribution in [3.05, 3.63) is 40.8 Å². The van der Waals surface area contributed by atoms with Crippen molar-refractivity contribution >= 4 is 10.8 Å². The Morgan fingerprint density at radius 3 is 2.83 bits per heavy atom. The lowest BCUT2D eigenvalue weighted by Crippen LogP contribution is -2.31. The molecule has 2 unspecified atom stereocenters. The summed E-state index contributed by atoms with van der Waals surface area (Å²) >= 11 is 0. The fraction of sp³-hybridized carbons (Fsp3) is 0.429. The Bertz CT molecular complexity index is 592. The molecule has 0 radical (unpaired) electrons. The second-order valence-electron chi connectivity index (χ2n) is 4.67. The van der Waals surface area contributed by atoms with Gasteiger partial charge in [0, 0.05) is 5.39 Å². The van der Waals surface area contributed by atoms with E-state index in [1.54, 1.807) is 12.3 Å². The van der Waals surface area contributed by atoms with Crippen LogP contribution in [0.2, 0.25) is 0 Å². The van der Waals surface area contributed by atoms with Crippen LogP contribution in [0.5, 0.6) is 0 Å². The molecule has 0 amide bonds. The van der Waals surface area contributed by atoms with Gasteiger partial charge in [0.1, 0.15) is 0 Å². The lowest BCUT2D eigenvalue weighted by atomic mass is 10.0. The molecule has 2 aromatic rings. The first-order valence-corrected chi connectivity index (χ1v) is 6.26. The summed E-state index contributed by atoms with van der Waals surface area (Å²) < 4.78 is 1.35. The van der Waals surface area contributed by atoms with Crippen LogP contribution in [0, 0.1) is 5.92 Å². The van der Waals surface area contributed by atoms with Crippen molar-refractivity contribution in [1.29, 1.82) is 0 Å². The molecular formula is C14H18N2O2. The van der Waals surface area contributed by atoms with Gasteiger partial charge in [0.2, 0.25) is 0 Å². The van der Waals surface area contributed by atoms with Crippen molar-refractivity contribution in [2.45, 2.75) is 32.9 Å². The van der Waals surface area contributed by atoms with E-state index in [2.05, 4.69) is 5.10 Å². The number of benzene rings is 1. The summed E-state index contributed by atoms with van der Waals surface area (Å²) in [6.07, 6.45) is 2.00. The van der Waals surface area contributed by atoms with Gasteiger partial charge in [0.15, 0.2) is 0 Å². The normalized spacial score (nSPS) is 14.6. The number of rotatable bonds is 4. The van der Waals surface area contributed by atoms with Crippen LogP contribution in [0.1, 0.15) is 20.3 Å². The van der Waals surface area contributed by atoms with E-state index in [-0.39, 0.29) is 18.0 Å². The third kappa shape index (κ3) is 2.43. The summed E-state index contributed by atoms with van der Waals surface area (Å²) in [7, 11) is 0. The third-order valence-corrected chi connectivity index (χ3v) is 3.42. The third-order valence-electron chi connectivity index (χ3n) is 3.42. The minimum absolute atomic E-state index is 0.143. The molecule has 0 aliphatic heterocycles. The highest BCUT2D eigenvalue weighted by molar-refractivity contribution is 5.80. The molecule has 4 nitrogen and oxygen atoms in total. The van der Waals surface area contributed by atoms with Crippen LogP contribution in [0.4, 0.5) is 0 Å². The Morgan fingerprint density at radius 1 is 1.39 bits per heavy atom. The molecular weight excluding hydrogens is 228 g/mol. The average Bonchev–Trinajstić information content (AvgIpc) is 2.41. The molecule has 1 N–H and O–H groups in total. The van der Waals surface area contributed by atoms with Crippen LogP contribution in [-0.2, 0) is 6.54 Å². The van der Waals surface area contributed by atoms with Crippen LogP contribution < -0.4 is 5.56 Å². The molecule has 0 aliphatic rings. The van der Waals surface area contributed by atoms with Crippen molar-refractivity contribution < 1.29 is 5.11 Å². The maximum atomic E-state index is 12.2. The van der Waals surface area contributed by atoms with E-state index in [0.29, 0.717) is 5.39 Å². The molecule has 0 bridgehead atoms. The molecule has 96 valence electrons. The Kier molecular flexibility index (Phi) is 3.77. The predicted molar refractivity (Wildman–Crippen MR) is 71.5 cm³/mol. The monoisotopic (exact) mass is 246 g/mol. The highest BCUT2D eigenvalue weighted by Gasteiger charge is 2.14. The highest BCUT2D eigenvalue weighted by atomic mass is 16.3. The topological polar surface area (TPSA) is 55.1 Å². The van der Waals surface area contributed by atoms with E-state index in [1.807, 2.05) is 32.0 Å². The smallest absolute Gasteiger partial charge is 0.274 e. The lowest BCUT2D eigenvalue weighted by molar-refractivity contribution is 0.0915. The van der Waals surface area contributed by atoms with Gasteiger partial charge in [-0.05, 0) is 12.0 Å². The summed E-state index contributed by atoms with van der Waals surface area (Å²) in [4.78, 5) is 12.2. The number of nitrogens with zero attached hydrogens (tertiary/aromatic N) is 2. The van der Waals surface area contributed by atoms with Crippen LogP contribution in [-0.4, -0.2) is 21.0 Å². The quantitative estimate of drug-likeness (QED) is 0.895. The summed E-state index contributed by atoms with van der Waals surface area (Å²) in [6.45, 7) is 4.24. The van der Waals surface area contributed by atoms with E-state index in [9.17, 15) is 9.90 Å². The van der Waals surface area contributed by atoms with Gasteiger partial charge in [0.05, 0.1) is 24.2 Å². The molecule has 1 aromatic carbocycles. The standard InChI is InChI=1S/C14H18N2O2/c1-3-10(2)13(17)9-16-14(18)12-7-5-4-6-11(12)8-15-16/h4-8,10,13,17H,3,9H2,1-2H3. The number of fused-ring (bicyclic) bond motifs is 1. The molecule has 1 aromatic heterocycles. The minimum Gasteiger partial charge on any atom is -0.391 e. The number of aliphatic hydroxyl groups excluding tert-OH is 1. The number of hydrogen-bond acceptors (Lipinski definition) is 3. The van der Waals surface area contributed by atoms with Gasteiger partial charge in [-0.15, -0.1) is 0 Å². The maximum Gasteiger partial charge on any atom is 0.274 e. The molecule has 4 heteroatoms. The number of aliphatic hydroxyl groups is 1. The highest BCUT2D eigenvalue weighted by Crippen LogP contribution is 2.10. The Balaban J connectivity index is 2.35. The first-order valence-electron chi connectivity index (χ1n) is 6.26. The average molecular weight is 246 g/mol. The van der Waals surface area contributed by atoms with Crippen LogP contribution in [0.3, 0.4) is 0 Å². The van der Waals surface area contributed by atoms with Gasteiger partial charge in [-0.25, -0.2) is 4.68 Å². The molecule has 0 spiro atoms. The zero-order valence-corrected chi connectivity index (χ0v) is 10.7. The van der Waals surface area contributed by atoms with Gasteiger partial charge in [-0.1, -0.05) is 38.5 Å².